The summed E-state index contributed by atoms with van der Waals surface area (Å²) in [6.07, 6.45) is 1.63. The van der Waals surface area contributed by atoms with E-state index < -0.39 is 0 Å². The molecule has 0 amide bonds. The zero-order valence-electron chi connectivity index (χ0n) is 16.1. The van der Waals surface area contributed by atoms with Gasteiger partial charge in [0.25, 0.3) is 0 Å². The highest BCUT2D eigenvalue weighted by atomic mass is 16.3. The second-order valence-electron chi connectivity index (χ2n) is 7.38. The maximum atomic E-state index is 10.5. The van der Waals surface area contributed by atoms with Gasteiger partial charge in [0, 0.05) is 44.3 Å². The summed E-state index contributed by atoms with van der Waals surface area (Å²) < 4.78 is 0. The minimum Gasteiger partial charge on any atom is -0.393 e. The monoisotopic (exact) mass is 352 g/mol. The number of hydrogen-bond acceptors (Lipinski definition) is 3. The Labute approximate surface area is 158 Å². The second kappa shape index (κ2) is 9.20. The maximum absolute atomic E-state index is 10.5. The maximum Gasteiger partial charge on any atom is 0.0596 e. The van der Waals surface area contributed by atoms with Crippen LogP contribution >= 0.6 is 0 Å². The Morgan fingerprint density at radius 1 is 0.962 bits per heavy atom. The Kier molecular flexibility index (Phi) is 6.70. The molecule has 3 rings (SSSR count). The summed E-state index contributed by atoms with van der Waals surface area (Å²) in [6, 6.07) is 19.5. The largest absolute Gasteiger partial charge is 0.393 e. The fourth-order valence-corrected chi connectivity index (χ4v) is 4.02. The van der Waals surface area contributed by atoms with Crippen LogP contribution in [0.15, 0.2) is 54.6 Å². The summed E-state index contributed by atoms with van der Waals surface area (Å²) in [7, 11) is 0. The molecule has 0 aliphatic carbocycles. The highest BCUT2D eigenvalue weighted by Crippen LogP contribution is 2.24. The van der Waals surface area contributed by atoms with Gasteiger partial charge in [-0.05, 0) is 49.9 Å². The molecule has 1 heterocycles. The first-order chi connectivity index (χ1) is 12.7. The van der Waals surface area contributed by atoms with Gasteiger partial charge in [-0.3, -0.25) is 4.90 Å². The van der Waals surface area contributed by atoms with Crippen LogP contribution in [0, 0.1) is 5.92 Å². The molecule has 1 saturated heterocycles. The van der Waals surface area contributed by atoms with E-state index in [-0.39, 0.29) is 6.10 Å². The molecule has 0 saturated carbocycles. The number of nitrogens with zero attached hydrogens (tertiary/aromatic N) is 2. The molecule has 3 heteroatoms. The third-order valence-corrected chi connectivity index (χ3v) is 5.59. The van der Waals surface area contributed by atoms with Gasteiger partial charge < -0.3 is 10.0 Å². The summed E-state index contributed by atoms with van der Waals surface area (Å²) in [5, 5.41) is 10.5. The fourth-order valence-electron chi connectivity index (χ4n) is 4.02. The minimum absolute atomic E-state index is 0.190. The number of aliphatic hydroxyl groups is 1. The number of likely N-dealkylation sites (tertiary alicyclic amines) is 1. The molecule has 1 fully saturated rings. The third kappa shape index (κ3) is 4.87. The Hall–Kier alpha value is -1.84. The second-order valence-corrected chi connectivity index (χ2v) is 7.38. The SMILES string of the molecule is CCN(CC)c1ccc(CC2CN(Cc3ccccc3)CCC2O)cc1. The number of anilines is 1. The van der Waals surface area contributed by atoms with Crippen molar-refractivity contribution in [2.45, 2.75) is 39.3 Å². The van der Waals surface area contributed by atoms with Crippen molar-refractivity contribution >= 4 is 5.69 Å². The van der Waals surface area contributed by atoms with Crippen molar-refractivity contribution in [1.29, 1.82) is 0 Å². The van der Waals surface area contributed by atoms with Crippen LogP contribution in [0.2, 0.25) is 0 Å². The quantitative estimate of drug-likeness (QED) is 0.817. The highest BCUT2D eigenvalue weighted by Gasteiger charge is 2.27. The molecule has 0 radical (unpaired) electrons. The van der Waals surface area contributed by atoms with Crippen LogP contribution < -0.4 is 4.90 Å². The van der Waals surface area contributed by atoms with Crippen LogP contribution in [0.1, 0.15) is 31.4 Å². The molecule has 0 aromatic heterocycles. The Morgan fingerprint density at radius 3 is 2.31 bits per heavy atom. The number of benzene rings is 2. The molecule has 3 nitrogen and oxygen atoms in total. The van der Waals surface area contributed by atoms with Crippen molar-refractivity contribution in [3.63, 3.8) is 0 Å². The van der Waals surface area contributed by atoms with E-state index in [2.05, 4.69) is 78.2 Å². The van der Waals surface area contributed by atoms with E-state index in [0.717, 1.165) is 45.6 Å². The summed E-state index contributed by atoms with van der Waals surface area (Å²) >= 11 is 0. The number of hydrogen-bond donors (Lipinski definition) is 1. The number of piperidine rings is 1. The molecule has 0 bridgehead atoms. The molecule has 140 valence electrons. The van der Waals surface area contributed by atoms with Crippen LogP contribution in [-0.4, -0.2) is 42.3 Å². The molecule has 1 aliphatic rings. The van der Waals surface area contributed by atoms with Crippen LogP contribution in [0.25, 0.3) is 0 Å². The van der Waals surface area contributed by atoms with E-state index in [1.165, 1.54) is 16.8 Å². The lowest BCUT2D eigenvalue weighted by molar-refractivity contribution is 0.0239. The molecule has 1 aliphatic heterocycles. The third-order valence-electron chi connectivity index (χ3n) is 5.59. The molecule has 26 heavy (non-hydrogen) atoms. The van der Waals surface area contributed by atoms with E-state index in [4.69, 9.17) is 0 Å². The predicted octanol–water partition coefficient (Wildman–Crippen LogP) is 3.96. The van der Waals surface area contributed by atoms with Gasteiger partial charge in [-0.1, -0.05) is 42.5 Å². The summed E-state index contributed by atoms with van der Waals surface area (Å²) in [5.74, 6) is 0.312. The normalized spacial score (nSPS) is 20.9. The lowest BCUT2D eigenvalue weighted by Crippen LogP contribution is -2.43. The van der Waals surface area contributed by atoms with Gasteiger partial charge >= 0.3 is 0 Å². The molecule has 0 spiro atoms. The van der Waals surface area contributed by atoms with Crippen molar-refractivity contribution in [2.24, 2.45) is 5.92 Å². The Balaban J connectivity index is 1.60. The Bertz CT molecular complexity index is 652. The molecular formula is C23H32N2O. The van der Waals surface area contributed by atoms with E-state index in [1.54, 1.807) is 0 Å². The van der Waals surface area contributed by atoms with Crippen molar-refractivity contribution in [1.82, 2.24) is 4.90 Å². The van der Waals surface area contributed by atoms with E-state index in [9.17, 15) is 5.11 Å². The first-order valence-electron chi connectivity index (χ1n) is 9.97. The van der Waals surface area contributed by atoms with Crippen LogP contribution in [0.4, 0.5) is 5.69 Å². The van der Waals surface area contributed by atoms with Gasteiger partial charge in [-0.2, -0.15) is 0 Å². The highest BCUT2D eigenvalue weighted by molar-refractivity contribution is 5.47. The molecule has 2 atom stereocenters. The van der Waals surface area contributed by atoms with Gasteiger partial charge in [0.05, 0.1) is 6.10 Å². The van der Waals surface area contributed by atoms with Crippen molar-refractivity contribution in [3.05, 3.63) is 65.7 Å². The summed E-state index contributed by atoms with van der Waals surface area (Å²) in [5.41, 5.74) is 3.96. The van der Waals surface area contributed by atoms with Gasteiger partial charge in [-0.25, -0.2) is 0 Å². The zero-order chi connectivity index (χ0) is 18.4. The number of rotatable bonds is 7. The van der Waals surface area contributed by atoms with Gasteiger partial charge in [0.15, 0.2) is 0 Å². The summed E-state index contributed by atoms with van der Waals surface area (Å²) in [6.45, 7) is 9.37. The van der Waals surface area contributed by atoms with Crippen molar-refractivity contribution < 1.29 is 5.11 Å². The number of aliphatic hydroxyl groups excluding tert-OH is 1. The van der Waals surface area contributed by atoms with E-state index in [1.807, 2.05) is 0 Å². The first kappa shape index (κ1) is 18.9. The van der Waals surface area contributed by atoms with E-state index >= 15 is 0 Å². The van der Waals surface area contributed by atoms with Gasteiger partial charge in [0.1, 0.15) is 0 Å². The van der Waals surface area contributed by atoms with Gasteiger partial charge in [-0.15, -0.1) is 0 Å². The average molecular weight is 353 g/mol. The lowest BCUT2D eigenvalue weighted by atomic mass is 9.88. The van der Waals surface area contributed by atoms with Crippen molar-refractivity contribution in [3.8, 4) is 0 Å². The van der Waals surface area contributed by atoms with Crippen molar-refractivity contribution in [2.75, 3.05) is 31.1 Å². The summed E-state index contributed by atoms with van der Waals surface area (Å²) in [4.78, 5) is 4.85. The van der Waals surface area contributed by atoms with E-state index in [0.29, 0.717) is 5.92 Å². The smallest absolute Gasteiger partial charge is 0.0596 e. The van der Waals surface area contributed by atoms with Crippen LogP contribution in [0.5, 0.6) is 0 Å². The minimum atomic E-state index is -0.190. The molecule has 2 aromatic carbocycles. The van der Waals surface area contributed by atoms with Crippen LogP contribution in [0.3, 0.4) is 0 Å². The molecule has 2 unspecified atom stereocenters. The van der Waals surface area contributed by atoms with Crippen LogP contribution in [-0.2, 0) is 13.0 Å². The first-order valence-corrected chi connectivity index (χ1v) is 9.97. The fraction of sp³-hybridized carbons (Fsp3) is 0.478. The van der Waals surface area contributed by atoms with Gasteiger partial charge in [0.2, 0.25) is 0 Å². The predicted molar refractivity (Wildman–Crippen MR) is 110 cm³/mol. The lowest BCUT2D eigenvalue weighted by Gasteiger charge is -2.36. The standard InChI is InChI=1S/C23H32N2O/c1-3-25(4-2)22-12-10-19(11-13-22)16-21-18-24(15-14-23(21)26)17-20-8-6-5-7-9-20/h5-13,21,23,26H,3-4,14-18H2,1-2H3. The molecular weight excluding hydrogens is 320 g/mol. The average Bonchev–Trinajstić information content (AvgIpc) is 2.67. The zero-order valence-corrected chi connectivity index (χ0v) is 16.1. The topological polar surface area (TPSA) is 26.7 Å². The molecule has 2 aromatic rings. The Morgan fingerprint density at radius 2 is 1.65 bits per heavy atom. The molecule has 1 N–H and O–H groups in total.